The maximum Gasteiger partial charge on any atom is 0.240 e. The number of piperazine rings is 1. The Morgan fingerprint density at radius 2 is 1.83 bits per heavy atom. The highest BCUT2D eigenvalue weighted by molar-refractivity contribution is 5.82. The van der Waals surface area contributed by atoms with Gasteiger partial charge >= 0.3 is 0 Å². The average molecular weight is 500 g/mol. The number of alkyl halides is 2. The topological polar surface area (TPSA) is 121 Å². The van der Waals surface area contributed by atoms with Gasteiger partial charge in [0.05, 0.1) is 36.4 Å². The minimum Gasteiger partial charge on any atom is -0.350 e. The van der Waals surface area contributed by atoms with E-state index in [1.54, 1.807) is 5.01 Å². The second-order valence-corrected chi connectivity index (χ2v) is 10.6. The van der Waals surface area contributed by atoms with Gasteiger partial charge in [-0.3, -0.25) is 24.7 Å². The summed E-state index contributed by atoms with van der Waals surface area (Å²) >= 11 is 0. The second kappa shape index (κ2) is 10.5. The number of piperidine rings is 1. The number of hydrogen-bond acceptors (Lipinski definition) is 9. The Kier molecular flexibility index (Phi) is 7.54. The number of nitrogens with one attached hydrogen (secondary N) is 4. The Bertz CT molecular complexity index is 786. The number of likely N-dealkylation sites (N-methyl/N-ethyl adjacent to an activating group) is 1. The highest BCUT2D eigenvalue weighted by atomic mass is 19.1. The first-order valence-electron chi connectivity index (χ1n) is 12.9. The van der Waals surface area contributed by atoms with Gasteiger partial charge in [-0.05, 0) is 26.4 Å². The molecule has 5 saturated heterocycles. The third-order valence-corrected chi connectivity index (χ3v) is 8.29. The predicted octanol–water partition coefficient (Wildman–Crippen LogP) is -2.99. The molecule has 198 valence electrons. The zero-order chi connectivity index (χ0) is 24.7. The van der Waals surface area contributed by atoms with Gasteiger partial charge in [-0.15, -0.1) is 0 Å². The predicted molar refractivity (Wildman–Crippen MR) is 125 cm³/mol. The zero-order valence-electron chi connectivity index (χ0n) is 20.3. The molecule has 6 N–H and O–H groups in total. The number of fused-ring (bicyclic) bond motifs is 1. The highest BCUT2D eigenvalue weighted by Crippen LogP contribution is 2.24. The van der Waals surface area contributed by atoms with Gasteiger partial charge in [0.15, 0.2) is 0 Å². The Morgan fingerprint density at radius 3 is 2.54 bits per heavy atom. The van der Waals surface area contributed by atoms with Gasteiger partial charge in [0, 0.05) is 52.4 Å². The molecule has 2 amide bonds. The van der Waals surface area contributed by atoms with Crippen molar-refractivity contribution in [3.8, 4) is 0 Å². The number of rotatable bonds is 4. The molecule has 5 aliphatic rings. The molecule has 7 unspecified atom stereocenters. The number of amides is 2. The molecule has 0 radical (unpaired) electrons. The number of carbonyl (C=O) groups is 2. The lowest BCUT2D eigenvalue weighted by molar-refractivity contribution is -0.138. The Morgan fingerprint density at radius 1 is 1.06 bits per heavy atom. The molecule has 0 spiro atoms. The summed E-state index contributed by atoms with van der Waals surface area (Å²) in [7, 11) is 1.99. The van der Waals surface area contributed by atoms with Crippen molar-refractivity contribution in [1.82, 2.24) is 41.1 Å². The molecular formula is C22H39F2N9O2. The summed E-state index contributed by atoms with van der Waals surface area (Å²) in [5, 5.41) is 10.8. The third-order valence-electron chi connectivity index (χ3n) is 8.29. The van der Waals surface area contributed by atoms with Gasteiger partial charge < -0.3 is 21.3 Å². The van der Waals surface area contributed by atoms with E-state index in [1.807, 2.05) is 11.9 Å². The average Bonchev–Trinajstić information content (AvgIpc) is 3.40. The third kappa shape index (κ3) is 5.04. The molecule has 0 aliphatic carbocycles. The van der Waals surface area contributed by atoms with Gasteiger partial charge in [0.2, 0.25) is 11.8 Å². The van der Waals surface area contributed by atoms with Crippen molar-refractivity contribution in [2.45, 2.75) is 55.6 Å². The van der Waals surface area contributed by atoms with E-state index in [2.05, 4.69) is 31.2 Å². The van der Waals surface area contributed by atoms with E-state index in [1.165, 1.54) is 0 Å². The number of nitrogens with zero attached hydrogens (tertiary/aromatic N) is 4. The van der Waals surface area contributed by atoms with Crippen LogP contribution in [0.1, 0.15) is 12.8 Å². The Hall–Kier alpha value is -1.48. The van der Waals surface area contributed by atoms with Gasteiger partial charge in [-0.1, -0.05) is 0 Å². The molecule has 5 aliphatic heterocycles. The van der Waals surface area contributed by atoms with Crippen molar-refractivity contribution in [2.24, 2.45) is 11.7 Å². The minimum absolute atomic E-state index is 0.0498. The summed E-state index contributed by atoms with van der Waals surface area (Å²) in [6.07, 6.45) is -1.32. The molecule has 5 rings (SSSR count). The van der Waals surface area contributed by atoms with E-state index in [4.69, 9.17) is 5.73 Å². The van der Waals surface area contributed by atoms with Crippen molar-refractivity contribution >= 4 is 11.8 Å². The minimum atomic E-state index is -1.15. The molecule has 0 saturated carbocycles. The molecule has 35 heavy (non-hydrogen) atoms. The fourth-order valence-electron chi connectivity index (χ4n) is 6.42. The van der Waals surface area contributed by atoms with E-state index in [9.17, 15) is 14.0 Å². The van der Waals surface area contributed by atoms with Crippen LogP contribution in [0.5, 0.6) is 0 Å². The van der Waals surface area contributed by atoms with Crippen LogP contribution in [0.15, 0.2) is 0 Å². The Labute approximate surface area is 205 Å². The quantitative estimate of drug-likeness (QED) is 0.276. The van der Waals surface area contributed by atoms with E-state index < -0.39 is 42.7 Å². The van der Waals surface area contributed by atoms with Crippen LogP contribution in [0.25, 0.3) is 0 Å². The number of likely N-dealkylation sites (tertiary alicyclic amines) is 1. The summed E-state index contributed by atoms with van der Waals surface area (Å²) in [6, 6.07) is -0.970. The fraction of sp³-hybridized carbons (Fsp3) is 0.909. The van der Waals surface area contributed by atoms with Crippen LogP contribution >= 0.6 is 0 Å². The van der Waals surface area contributed by atoms with Crippen LogP contribution < -0.4 is 27.1 Å². The SMILES string of the molecule is CN1CCC[C@@H]1C(=O)N1CCN(C2C(F)CNCC2NC(=O)C2C(N)NN3CC(F)CNC23)CC1. The molecule has 0 aromatic rings. The first-order chi connectivity index (χ1) is 16.8. The van der Waals surface area contributed by atoms with Crippen LogP contribution in [-0.4, -0.2) is 140 Å². The van der Waals surface area contributed by atoms with Crippen LogP contribution in [0.3, 0.4) is 0 Å². The van der Waals surface area contributed by atoms with Crippen molar-refractivity contribution in [3.63, 3.8) is 0 Å². The first-order valence-corrected chi connectivity index (χ1v) is 12.9. The van der Waals surface area contributed by atoms with E-state index in [-0.39, 0.29) is 37.5 Å². The van der Waals surface area contributed by atoms with Crippen LogP contribution in [0.4, 0.5) is 8.78 Å². The standard InChI is InChI=1S/C22H39F2N9O2/c1-30-4-2-3-16(30)22(35)32-7-5-31(6-8-32)18-14(24)10-26-11-15(18)28-21(34)17-19(25)29-33-12-13(23)9-27-20(17)33/h13-20,26-27,29H,2-12,25H2,1H3,(H,28,34)/t13?,14?,15?,16-,17?,18?,19?,20?/m1/s1. The molecule has 5 heterocycles. The van der Waals surface area contributed by atoms with Gasteiger partial charge in [0.1, 0.15) is 12.3 Å². The fourth-order valence-corrected chi connectivity index (χ4v) is 6.42. The van der Waals surface area contributed by atoms with E-state index in [0.717, 1.165) is 19.4 Å². The Balaban J connectivity index is 1.20. The smallest absolute Gasteiger partial charge is 0.240 e. The molecule has 8 atom stereocenters. The highest BCUT2D eigenvalue weighted by Gasteiger charge is 2.48. The zero-order valence-corrected chi connectivity index (χ0v) is 20.3. The molecule has 0 aromatic heterocycles. The molecule has 0 aromatic carbocycles. The number of hydrazine groups is 1. The molecular weight excluding hydrogens is 460 g/mol. The molecule has 11 nitrogen and oxygen atoms in total. The van der Waals surface area contributed by atoms with Gasteiger partial charge in [-0.2, -0.15) is 0 Å². The van der Waals surface area contributed by atoms with Crippen molar-refractivity contribution in [3.05, 3.63) is 0 Å². The maximum absolute atomic E-state index is 15.2. The number of hydrogen-bond donors (Lipinski definition) is 5. The lowest BCUT2D eigenvalue weighted by Crippen LogP contribution is -2.68. The maximum atomic E-state index is 15.2. The molecule has 5 fully saturated rings. The monoisotopic (exact) mass is 499 g/mol. The lowest BCUT2D eigenvalue weighted by Gasteiger charge is -2.46. The normalized spacial score (nSPS) is 41.7. The van der Waals surface area contributed by atoms with Crippen LogP contribution in [-0.2, 0) is 9.59 Å². The van der Waals surface area contributed by atoms with Crippen molar-refractivity contribution in [1.29, 1.82) is 0 Å². The van der Waals surface area contributed by atoms with Crippen molar-refractivity contribution in [2.75, 3.05) is 66.0 Å². The lowest BCUT2D eigenvalue weighted by atomic mass is 9.94. The van der Waals surface area contributed by atoms with Gasteiger partial charge in [-0.25, -0.2) is 19.2 Å². The largest absolute Gasteiger partial charge is 0.350 e. The summed E-state index contributed by atoms with van der Waals surface area (Å²) in [6.45, 7) is 4.20. The first kappa shape index (κ1) is 25.2. The summed E-state index contributed by atoms with van der Waals surface area (Å²) in [4.78, 5) is 32.3. The summed E-state index contributed by atoms with van der Waals surface area (Å²) in [5.74, 6) is -0.730. The molecule has 0 bridgehead atoms. The van der Waals surface area contributed by atoms with E-state index >= 15 is 4.39 Å². The van der Waals surface area contributed by atoms with Crippen LogP contribution in [0, 0.1) is 5.92 Å². The number of halogens is 2. The summed E-state index contributed by atoms with van der Waals surface area (Å²) < 4.78 is 29.0. The van der Waals surface area contributed by atoms with Crippen LogP contribution in [0.2, 0.25) is 0 Å². The van der Waals surface area contributed by atoms with Crippen molar-refractivity contribution < 1.29 is 18.4 Å². The second-order valence-electron chi connectivity index (χ2n) is 10.6. The molecule has 13 heteroatoms. The number of carbonyl (C=O) groups excluding carboxylic acids is 2. The van der Waals surface area contributed by atoms with Gasteiger partial charge in [0.25, 0.3) is 0 Å². The van der Waals surface area contributed by atoms with E-state index in [0.29, 0.717) is 32.7 Å². The number of nitrogens with two attached hydrogens (primary N) is 1. The summed E-state index contributed by atoms with van der Waals surface area (Å²) in [5.41, 5.74) is 9.17.